The molecule has 0 radical (unpaired) electrons. The zero-order valence-electron chi connectivity index (χ0n) is 12.7. The average Bonchev–Trinajstić information content (AvgIpc) is 2.42. The van der Waals surface area contributed by atoms with E-state index in [4.69, 9.17) is 0 Å². The van der Waals surface area contributed by atoms with Crippen molar-refractivity contribution in [2.45, 2.75) is 38.5 Å². The number of rotatable bonds is 6. The quantitative estimate of drug-likeness (QED) is 0.844. The predicted octanol–water partition coefficient (Wildman–Crippen LogP) is 3.42. The van der Waals surface area contributed by atoms with Crippen LogP contribution in [0.2, 0.25) is 0 Å². The lowest BCUT2D eigenvalue weighted by atomic mass is 10.1. The number of nitrogens with zero attached hydrogens (tertiary/aromatic N) is 1. The highest BCUT2D eigenvalue weighted by Gasteiger charge is 2.27. The van der Waals surface area contributed by atoms with Gasteiger partial charge in [0, 0.05) is 25.7 Å². The number of aliphatic hydroxyl groups excluding tert-OH is 1. The van der Waals surface area contributed by atoms with Crippen molar-refractivity contribution < 1.29 is 23.1 Å². The number of aryl methyl sites for hydroxylation is 1. The molecule has 0 aliphatic carbocycles. The van der Waals surface area contributed by atoms with E-state index >= 15 is 0 Å². The number of nitrogens with one attached hydrogen (secondary N) is 1. The maximum atomic E-state index is 12.3. The minimum atomic E-state index is -4.23. The Hall–Kier alpha value is -1.76. The summed E-state index contributed by atoms with van der Waals surface area (Å²) in [6.07, 6.45) is -5.44. The van der Waals surface area contributed by atoms with E-state index in [1.54, 1.807) is 38.2 Å². The van der Waals surface area contributed by atoms with Gasteiger partial charge in [0.2, 0.25) is 0 Å². The van der Waals surface area contributed by atoms with Crippen LogP contribution in [0.3, 0.4) is 0 Å². The Morgan fingerprint density at radius 3 is 2.59 bits per heavy atom. The first kappa shape index (κ1) is 18.3. The standard InChI is InChI=1S/C15H21F3N2O2/c1-11(21)8-10-20(2)14(22)19-13-6-4-3-5-12(13)7-9-15(16,17)18/h3-6,11,21H,7-10H2,1-2H3,(H,19,22). The van der Waals surface area contributed by atoms with Gasteiger partial charge in [-0.25, -0.2) is 4.79 Å². The third kappa shape index (κ3) is 6.80. The number of para-hydroxylation sites is 1. The van der Waals surface area contributed by atoms with Crippen molar-refractivity contribution in [3.05, 3.63) is 29.8 Å². The van der Waals surface area contributed by atoms with Crippen LogP contribution in [0, 0.1) is 0 Å². The Balaban J connectivity index is 2.66. The minimum Gasteiger partial charge on any atom is -0.393 e. The van der Waals surface area contributed by atoms with Gasteiger partial charge in [0.1, 0.15) is 0 Å². The van der Waals surface area contributed by atoms with Crippen LogP contribution in [0.4, 0.5) is 23.7 Å². The lowest BCUT2D eigenvalue weighted by Gasteiger charge is -2.20. The average molecular weight is 318 g/mol. The number of hydrogen-bond acceptors (Lipinski definition) is 2. The monoisotopic (exact) mass is 318 g/mol. The molecule has 0 spiro atoms. The van der Waals surface area contributed by atoms with Gasteiger partial charge in [-0.3, -0.25) is 0 Å². The summed E-state index contributed by atoms with van der Waals surface area (Å²) in [5, 5.41) is 11.8. The van der Waals surface area contributed by atoms with Gasteiger partial charge in [-0.15, -0.1) is 0 Å². The van der Waals surface area contributed by atoms with Crippen LogP contribution in [0.1, 0.15) is 25.3 Å². The van der Waals surface area contributed by atoms with Gasteiger partial charge in [-0.1, -0.05) is 18.2 Å². The van der Waals surface area contributed by atoms with Crippen LogP contribution >= 0.6 is 0 Å². The molecule has 0 aliphatic rings. The van der Waals surface area contributed by atoms with Crippen LogP contribution in [-0.2, 0) is 6.42 Å². The second kappa shape index (κ2) is 8.03. The fraction of sp³-hybridized carbons (Fsp3) is 0.533. The molecule has 22 heavy (non-hydrogen) atoms. The van der Waals surface area contributed by atoms with Crippen molar-refractivity contribution in [1.82, 2.24) is 4.90 Å². The zero-order valence-corrected chi connectivity index (χ0v) is 12.7. The Morgan fingerprint density at radius 2 is 2.00 bits per heavy atom. The molecule has 124 valence electrons. The third-order valence-corrected chi connectivity index (χ3v) is 3.17. The summed E-state index contributed by atoms with van der Waals surface area (Å²) in [6, 6.07) is 6.02. The first-order valence-electron chi connectivity index (χ1n) is 7.04. The maximum absolute atomic E-state index is 12.3. The van der Waals surface area contributed by atoms with E-state index in [0.29, 0.717) is 24.2 Å². The third-order valence-electron chi connectivity index (χ3n) is 3.17. The second-order valence-corrected chi connectivity index (χ2v) is 5.26. The molecule has 1 aromatic rings. The number of carbonyl (C=O) groups is 1. The molecule has 0 aliphatic heterocycles. The number of benzene rings is 1. The first-order chi connectivity index (χ1) is 10.2. The van der Waals surface area contributed by atoms with Gasteiger partial charge >= 0.3 is 12.2 Å². The number of anilines is 1. The van der Waals surface area contributed by atoms with E-state index in [0.717, 1.165) is 0 Å². The van der Waals surface area contributed by atoms with Gasteiger partial charge in [-0.05, 0) is 31.4 Å². The largest absolute Gasteiger partial charge is 0.393 e. The second-order valence-electron chi connectivity index (χ2n) is 5.26. The highest BCUT2D eigenvalue weighted by atomic mass is 19.4. The molecule has 0 heterocycles. The topological polar surface area (TPSA) is 52.6 Å². The summed E-state index contributed by atoms with van der Waals surface area (Å²) >= 11 is 0. The normalized spacial score (nSPS) is 12.8. The van der Waals surface area contributed by atoms with Crippen molar-refractivity contribution in [3.8, 4) is 0 Å². The predicted molar refractivity (Wildman–Crippen MR) is 78.8 cm³/mol. The Labute approximate surface area is 127 Å². The number of amides is 2. The molecule has 0 saturated heterocycles. The van der Waals surface area contributed by atoms with E-state index in [1.807, 2.05) is 0 Å². The molecule has 4 nitrogen and oxygen atoms in total. The molecule has 2 N–H and O–H groups in total. The van der Waals surface area contributed by atoms with Crippen LogP contribution < -0.4 is 5.32 Å². The van der Waals surface area contributed by atoms with Crippen molar-refractivity contribution in [3.63, 3.8) is 0 Å². The fourth-order valence-electron chi connectivity index (χ4n) is 1.83. The van der Waals surface area contributed by atoms with E-state index in [2.05, 4.69) is 5.32 Å². The van der Waals surface area contributed by atoms with Crippen molar-refractivity contribution in [2.24, 2.45) is 0 Å². The molecular formula is C15H21F3N2O2. The zero-order chi connectivity index (χ0) is 16.8. The summed E-state index contributed by atoms with van der Waals surface area (Å²) in [5.41, 5.74) is 0.817. The molecular weight excluding hydrogens is 297 g/mol. The lowest BCUT2D eigenvalue weighted by Crippen LogP contribution is -2.33. The number of aliphatic hydroxyl groups is 1. The minimum absolute atomic E-state index is 0.183. The molecule has 1 atom stereocenters. The van der Waals surface area contributed by atoms with E-state index in [9.17, 15) is 23.1 Å². The highest BCUT2D eigenvalue weighted by Crippen LogP contribution is 2.25. The van der Waals surface area contributed by atoms with Gasteiger partial charge in [-0.2, -0.15) is 13.2 Å². The lowest BCUT2D eigenvalue weighted by molar-refractivity contribution is -0.133. The van der Waals surface area contributed by atoms with Crippen molar-refractivity contribution in [1.29, 1.82) is 0 Å². The van der Waals surface area contributed by atoms with Crippen LogP contribution in [0.25, 0.3) is 0 Å². The van der Waals surface area contributed by atoms with E-state index in [-0.39, 0.29) is 6.42 Å². The fourth-order valence-corrected chi connectivity index (χ4v) is 1.83. The molecule has 2 amide bonds. The molecule has 7 heteroatoms. The number of halogens is 3. The smallest absolute Gasteiger partial charge is 0.389 e. The Bertz CT molecular complexity index is 490. The molecule has 0 bridgehead atoms. The van der Waals surface area contributed by atoms with Gasteiger partial charge in [0.25, 0.3) is 0 Å². The number of hydrogen-bond donors (Lipinski definition) is 2. The van der Waals surface area contributed by atoms with Gasteiger partial charge in [0.15, 0.2) is 0 Å². The van der Waals surface area contributed by atoms with Crippen LogP contribution in [0.5, 0.6) is 0 Å². The Morgan fingerprint density at radius 1 is 1.36 bits per heavy atom. The SMILES string of the molecule is CC(O)CCN(C)C(=O)Nc1ccccc1CCC(F)(F)F. The molecule has 1 rings (SSSR count). The maximum Gasteiger partial charge on any atom is 0.389 e. The highest BCUT2D eigenvalue weighted by molar-refractivity contribution is 5.90. The number of alkyl halides is 3. The van der Waals surface area contributed by atoms with Gasteiger partial charge < -0.3 is 15.3 Å². The molecule has 0 fully saturated rings. The van der Waals surface area contributed by atoms with E-state index in [1.165, 1.54) is 4.90 Å². The molecule has 1 aromatic carbocycles. The van der Waals surface area contributed by atoms with Crippen LogP contribution in [0.15, 0.2) is 24.3 Å². The van der Waals surface area contributed by atoms with Gasteiger partial charge in [0.05, 0.1) is 6.10 Å². The summed E-state index contributed by atoms with van der Waals surface area (Å²) in [6.45, 7) is 1.98. The van der Waals surface area contributed by atoms with Crippen molar-refractivity contribution in [2.75, 3.05) is 18.9 Å². The number of carbonyl (C=O) groups excluding carboxylic acids is 1. The van der Waals surface area contributed by atoms with Crippen molar-refractivity contribution >= 4 is 11.7 Å². The Kier molecular flexibility index (Phi) is 6.67. The molecule has 1 unspecified atom stereocenters. The van der Waals surface area contributed by atoms with E-state index < -0.39 is 24.7 Å². The van der Waals surface area contributed by atoms with Crippen LogP contribution in [-0.4, -0.2) is 41.9 Å². The first-order valence-corrected chi connectivity index (χ1v) is 7.04. The summed E-state index contributed by atoms with van der Waals surface area (Å²) in [5.74, 6) is 0. The number of urea groups is 1. The summed E-state index contributed by atoms with van der Waals surface area (Å²) in [7, 11) is 1.57. The summed E-state index contributed by atoms with van der Waals surface area (Å²) in [4.78, 5) is 13.4. The molecule has 0 aromatic heterocycles. The molecule has 0 saturated carbocycles. The summed E-state index contributed by atoms with van der Waals surface area (Å²) < 4.78 is 37.0.